The van der Waals surface area contributed by atoms with Crippen LogP contribution in [-0.4, -0.2) is 52.9 Å². The van der Waals surface area contributed by atoms with E-state index in [1.165, 1.54) is 0 Å². The van der Waals surface area contributed by atoms with E-state index in [4.69, 9.17) is 0 Å². The minimum atomic E-state index is 0.125. The van der Waals surface area contributed by atoms with Gasteiger partial charge in [-0.05, 0) is 37.2 Å². The van der Waals surface area contributed by atoms with Gasteiger partial charge < -0.3 is 4.90 Å². The SMILES string of the molecule is CCN1CCN(C(=O)c2ccc(-c3cccc4cccnc34)cc2)CC1C. The van der Waals surface area contributed by atoms with Crippen LogP contribution in [0.4, 0.5) is 0 Å². The van der Waals surface area contributed by atoms with Gasteiger partial charge in [-0.25, -0.2) is 0 Å². The Morgan fingerprint density at radius 2 is 1.85 bits per heavy atom. The zero-order valence-electron chi connectivity index (χ0n) is 15.9. The van der Waals surface area contributed by atoms with Crippen molar-refractivity contribution in [2.24, 2.45) is 0 Å². The normalized spacial score (nSPS) is 18.0. The molecule has 0 saturated carbocycles. The lowest BCUT2D eigenvalue weighted by Gasteiger charge is -2.39. The summed E-state index contributed by atoms with van der Waals surface area (Å²) in [4.78, 5) is 21.8. The van der Waals surface area contributed by atoms with E-state index >= 15 is 0 Å². The number of amides is 1. The molecule has 27 heavy (non-hydrogen) atoms. The second-order valence-corrected chi connectivity index (χ2v) is 7.19. The molecule has 4 rings (SSSR count). The van der Waals surface area contributed by atoms with E-state index in [1.54, 1.807) is 0 Å². The number of piperazine rings is 1. The van der Waals surface area contributed by atoms with E-state index in [0.717, 1.165) is 53.8 Å². The molecule has 1 aromatic heterocycles. The molecular formula is C23H25N3O. The molecule has 3 aromatic rings. The summed E-state index contributed by atoms with van der Waals surface area (Å²) in [6.45, 7) is 7.95. The van der Waals surface area contributed by atoms with E-state index in [-0.39, 0.29) is 5.91 Å². The minimum Gasteiger partial charge on any atom is -0.336 e. The van der Waals surface area contributed by atoms with Gasteiger partial charge in [-0.2, -0.15) is 0 Å². The van der Waals surface area contributed by atoms with Crippen molar-refractivity contribution in [1.29, 1.82) is 0 Å². The average Bonchev–Trinajstić information content (AvgIpc) is 2.73. The van der Waals surface area contributed by atoms with Gasteiger partial charge in [-0.1, -0.05) is 43.3 Å². The van der Waals surface area contributed by atoms with Gasteiger partial charge in [0.25, 0.3) is 5.91 Å². The second kappa shape index (κ2) is 7.49. The monoisotopic (exact) mass is 359 g/mol. The van der Waals surface area contributed by atoms with Crippen molar-refractivity contribution in [1.82, 2.24) is 14.8 Å². The Bertz CT molecular complexity index is 946. The molecule has 0 spiro atoms. The maximum absolute atomic E-state index is 12.9. The second-order valence-electron chi connectivity index (χ2n) is 7.19. The Labute approximate surface area is 160 Å². The van der Waals surface area contributed by atoms with E-state index in [1.807, 2.05) is 47.5 Å². The molecule has 0 N–H and O–H groups in total. The molecule has 1 fully saturated rings. The van der Waals surface area contributed by atoms with Crippen LogP contribution in [0.2, 0.25) is 0 Å². The summed E-state index contributed by atoms with van der Waals surface area (Å²) in [6, 6.07) is 18.6. The molecule has 0 aliphatic carbocycles. The molecule has 1 saturated heterocycles. The number of hydrogen-bond donors (Lipinski definition) is 0. The van der Waals surface area contributed by atoms with Crippen LogP contribution in [0.3, 0.4) is 0 Å². The molecule has 0 radical (unpaired) electrons. The lowest BCUT2D eigenvalue weighted by Crippen LogP contribution is -2.53. The fourth-order valence-corrected chi connectivity index (χ4v) is 3.96. The first-order valence-electron chi connectivity index (χ1n) is 9.65. The van der Waals surface area contributed by atoms with Gasteiger partial charge in [0.05, 0.1) is 5.52 Å². The summed E-state index contributed by atoms with van der Waals surface area (Å²) < 4.78 is 0. The average molecular weight is 359 g/mol. The number of hydrogen-bond acceptors (Lipinski definition) is 3. The molecule has 1 aliphatic heterocycles. The molecule has 1 atom stereocenters. The zero-order chi connectivity index (χ0) is 18.8. The van der Waals surface area contributed by atoms with Crippen molar-refractivity contribution in [3.8, 4) is 11.1 Å². The van der Waals surface area contributed by atoms with Crippen LogP contribution in [0.5, 0.6) is 0 Å². The molecular weight excluding hydrogens is 334 g/mol. The predicted octanol–water partition coefficient (Wildman–Crippen LogP) is 4.07. The number of likely N-dealkylation sites (N-methyl/N-ethyl adjacent to an activating group) is 1. The number of fused-ring (bicyclic) bond motifs is 1. The number of pyridine rings is 1. The summed E-state index contributed by atoms with van der Waals surface area (Å²) >= 11 is 0. The van der Waals surface area contributed by atoms with Crippen LogP contribution in [0, 0.1) is 0 Å². The maximum atomic E-state index is 12.9. The first-order chi connectivity index (χ1) is 13.2. The number of carbonyl (C=O) groups excluding carboxylic acids is 1. The van der Waals surface area contributed by atoms with E-state index < -0.39 is 0 Å². The number of aromatic nitrogens is 1. The molecule has 4 nitrogen and oxygen atoms in total. The molecule has 2 heterocycles. The third-order valence-corrected chi connectivity index (χ3v) is 5.53. The summed E-state index contributed by atoms with van der Waals surface area (Å²) in [7, 11) is 0. The third-order valence-electron chi connectivity index (χ3n) is 5.53. The fraction of sp³-hybridized carbons (Fsp3) is 0.304. The topological polar surface area (TPSA) is 36.4 Å². The predicted molar refractivity (Wildman–Crippen MR) is 110 cm³/mol. The minimum absolute atomic E-state index is 0.125. The van der Waals surface area contributed by atoms with E-state index in [0.29, 0.717) is 6.04 Å². The lowest BCUT2D eigenvalue weighted by molar-refractivity contribution is 0.0528. The number of benzene rings is 2. The number of carbonyl (C=O) groups is 1. The quantitative estimate of drug-likeness (QED) is 0.707. The standard InChI is InChI=1S/C23H25N3O/c1-3-25-14-15-26(16-17(25)2)23(27)20-11-9-18(10-12-20)21-8-4-6-19-7-5-13-24-22(19)21/h4-13,17H,3,14-16H2,1-2H3. The highest BCUT2D eigenvalue weighted by Gasteiger charge is 2.26. The number of nitrogens with zero attached hydrogens (tertiary/aromatic N) is 3. The van der Waals surface area contributed by atoms with Crippen LogP contribution in [0.25, 0.3) is 22.0 Å². The highest BCUT2D eigenvalue weighted by molar-refractivity contribution is 5.97. The van der Waals surface area contributed by atoms with Crippen molar-refractivity contribution in [3.05, 3.63) is 66.4 Å². The van der Waals surface area contributed by atoms with Gasteiger partial charge in [0.1, 0.15) is 0 Å². The Kier molecular flexibility index (Phi) is 4.90. The lowest BCUT2D eigenvalue weighted by atomic mass is 10.0. The van der Waals surface area contributed by atoms with Gasteiger partial charge in [-0.3, -0.25) is 14.7 Å². The van der Waals surface area contributed by atoms with Crippen LogP contribution < -0.4 is 0 Å². The van der Waals surface area contributed by atoms with E-state index in [2.05, 4.69) is 41.9 Å². The fourth-order valence-electron chi connectivity index (χ4n) is 3.96. The summed E-state index contributed by atoms with van der Waals surface area (Å²) in [5.41, 5.74) is 3.92. The third kappa shape index (κ3) is 3.45. The van der Waals surface area contributed by atoms with Crippen LogP contribution in [0.1, 0.15) is 24.2 Å². The molecule has 138 valence electrons. The largest absolute Gasteiger partial charge is 0.336 e. The Balaban J connectivity index is 1.56. The summed E-state index contributed by atoms with van der Waals surface area (Å²) in [5, 5.41) is 1.12. The van der Waals surface area contributed by atoms with E-state index in [9.17, 15) is 4.79 Å². The van der Waals surface area contributed by atoms with Gasteiger partial charge in [-0.15, -0.1) is 0 Å². The van der Waals surface area contributed by atoms with Gasteiger partial charge >= 0.3 is 0 Å². The van der Waals surface area contributed by atoms with Crippen LogP contribution >= 0.6 is 0 Å². The first-order valence-corrected chi connectivity index (χ1v) is 9.65. The van der Waals surface area contributed by atoms with Crippen molar-refractivity contribution < 1.29 is 4.79 Å². The molecule has 1 unspecified atom stereocenters. The highest BCUT2D eigenvalue weighted by atomic mass is 16.2. The van der Waals surface area contributed by atoms with Crippen molar-refractivity contribution >= 4 is 16.8 Å². The number of rotatable bonds is 3. The van der Waals surface area contributed by atoms with Crippen molar-refractivity contribution in [2.45, 2.75) is 19.9 Å². The molecule has 4 heteroatoms. The Hall–Kier alpha value is -2.72. The number of para-hydroxylation sites is 1. The van der Waals surface area contributed by atoms with Gasteiger partial charge in [0, 0.05) is 48.4 Å². The molecule has 0 bridgehead atoms. The van der Waals surface area contributed by atoms with Gasteiger partial charge in [0.2, 0.25) is 0 Å². The van der Waals surface area contributed by atoms with Crippen molar-refractivity contribution in [3.63, 3.8) is 0 Å². The highest BCUT2D eigenvalue weighted by Crippen LogP contribution is 2.27. The van der Waals surface area contributed by atoms with Crippen molar-refractivity contribution in [2.75, 3.05) is 26.2 Å². The van der Waals surface area contributed by atoms with Gasteiger partial charge in [0.15, 0.2) is 0 Å². The molecule has 1 amide bonds. The molecule has 1 aliphatic rings. The van der Waals surface area contributed by atoms with Crippen LogP contribution in [0.15, 0.2) is 60.8 Å². The summed E-state index contributed by atoms with van der Waals surface area (Å²) in [5.74, 6) is 0.125. The maximum Gasteiger partial charge on any atom is 0.253 e. The summed E-state index contributed by atoms with van der Waals surface area (Å²) in [6.07, 6.45) is 1.82. The zero-order valence-corrected chi connectivity index (χ0v) is 15.9. The Morgan fingerprint density at radius 3 is 2.59 bits per heavy atom. The Morgan fingerprint density at radius 1 is 1.07 bits per heavy atom. The van der Waals surface area contributed by atoms with Crippen LogP contribution in [-0.2, 0) is 0 Å². The first kappa shape index (κ1) is 17.7. The smallest absolute Gasteiger partial charge is 0.253 e. The molecule has 2 aromatic carbocycles.